The van der Waals surface area contributed by atoms with E-state index in [1.165, 1.54) is 37.5 Å². The highest BCUT2D eigenvalue weighted by Crippen LogP contribution is 2.20. The second-order valence-corrected chi connectivity index (χ2v) is 6.35. The molecule has 1 heterocycles. The first-order valence-electron chi connectivity index (χ1n) is 7.68. The summed E-state index contributed by atoms with van der Waals surface area (Å²) in [6.07, 6.45) is 3.66. The van der Waals surface area contributed by atoms with Crippen molar-refractivity contribution in [2.45, 2.75) is 38.6 Å². The Kier molecular flexibility index (Phi) is 5.13. The van der Waals surface area contributed by atoms with Crippen molar-refractivity contribution in [2.75, 3.05) is 19.6 Å². The minimum atomic E-state index is -0.492. The predicted octanol–water partition coefficient (Wildman–Crippen LogP) is 2.59. The van der Waals surface area contributed by atoms with Gasteiger partial charge in [-0.25, -0.2) is 0 Å². The molecule has 0 unspecified atom stereocenters. The van der Waals surface area contributed by atoms with Crippen LogP contribution in [0, 0.1) is 10.1 Å². The lowest BCUT2D eigenvalue weighted by atomic mass is 9.98. The van der Waals surface area contributed by atoms with E-state index in [0.717, 1.165) is 13.1 Å². The van der Waals surface area contributed by atoms with E-state index in [2.05, 4.69) is 24.1 Å². The van der Waals surface area contributed by atoms with Gasteiger partial charge in [0, 0.05) is 29.8 Å². The molecule has 1 fully saturated rings. The van der Waals surface area contributed by atoms with Crippen LogP contribution in [0.15, 0.2) is 24.3 Å². The molecule has 6 nitrogen and oxygen atoms in total. The zero-order valence-corrected chi connectivity index (χ0v) is 13.2. The number of piperidine rings is 1. The lowest BCUT2D eigenvalue weighted by Crippen LogP contribution is -2.53. The number of carbonyl (C=O) groups excluding carboxylic acids is 1. The van der Waals surface area contributed by atoms with Crippen molar-refractivity contribution in [3.05, 3.63) is 39.9 Å². The molecule has 1 aliphatic heterocycles. The van der Waals surface area contributed by atoms with Gasteiger partial charge in [0.25, 0.3) is 11.6 Å². The summed E-state index contributed by atoms with van der Waals surface area (Å²) in [5, 5.41) is 13.7. The van der Waals surface area contributed by atoms with Crippen molar-refractivity contribution in [3.8, 4) is 0 Å². The van der Waals surface area contributed by atoms with Gasteiger partial charge < -0.3 is 5.32 Å². The molecule has 0 spiro atoms. The third kappa shape index (κ3) is 4.04. The number of hydrogen-bond donors (Lipinski definition) is 1. The van der Waals surface area contributed by atoms with Crippen LogP contribution in [0.25, 0.3) is 0 Å². The van der Waals surface area contributed by atoms with Gasteiger partial charge in [0.1, 0.15) is 0 Å². The van der Waals surface area contributed by atoms with Crippen LogP contribution < -0.4 is 5.32 Å². The van der Waals surface area contributed by atoms with Gasteiger partial charge in [-0.1, -0.05) is 12.5 Å². The third-order valence-corrected chi connectivity index (χ3v) is 4.21. The van der Waals surface area contributed by atoms with E-state index in [-0.39, 0.29) is 17.1 Å². The number of rotatable bonds is 5. The maximum Gasteiger partial charge on any atom is 0.270 e. The van der Waals surface area contributed by atoms with Crippen LogP contribution in [0.5, 0.6) is 0 Å². The topological polar surface area (TPSA) is 75.5 Å². The van der Waals surface area contributed by atoms with Crippen LogP contribution in [-0.2, 0) is 0 Å². The van der Waals surface area contributed by atoms with E-state index >= 15 is 0 Å². The minimum absolute atomic E-state index is 0.0667. The van der Waals surface area contributed by atoms with Crippen molar-refractivity contribution in [3.63, 3.8) is 0 Å². The average Bonchev–Trinajstić information content (AvgIpc) is 2.53. The molecule has 6 heteroatoms. The molecule has 1 N–H and O–H groups in total. The monoisotopic (exact) mass is 305 g/mol. The van der Waals surface area contributed by atoms with E-state index < -0.39 is 4.92 Å². The maximum absolute atomic E-state index is 12.2. The van der Waals surface area contributed by atoms with E-state index in [4.69, 9.17) is 0 Å². The van der Waals surface area contributed by atoms with Gasteiger partial charge in [0.05, 0.1) is 4.92 Å². The molecule has 1 aromatic rings. The summed E-state index contributed by atoms with van der Waals surface area (Å²) in [6, 6.07) is 5.82. The van der Waals surface area contributed by atoms with Crippen LogP contribution in [0.1, 0.15) is 43.5 Å². The number of non-ortho nitro benzene ring substituents is 1. The molecule has 0 aromatic heterocycles. The molecule has 0 bridgehead atoms. The Morgan fingerprint density at radius 1 is 1.32 bits per heavy atom. The smallest absolute Gasteiger partial charge is 0.270 e. The van der Waals surface area contributed by atoms with Gasteiger partial charge >= 0.3 is 0 Å². The molecule has 1 aromatic carbocycles. The van der Waals surface area contributed by atoms with Gasteiger partial charge in [-0.15, -0.1) is 0 Å². The Labute approximate surface area is 130 Å². The Hall–Kier alpha value is -1.95. The molecule has 120 valence electrons. The standard InChI is InChI=1S/C16H23N3O3/c1-16(2,18-9-4-3-5-10-18)12-17-15(20)13-7-6-8-14(11-13)19(21)22/h6-8,11H,3-5,9-10,12H2,1-2H3,(H,17,20). The van der Waals surface area contributed by atoms with E-state index in [1.807, 2.05) is 0 Å². The Morgan fingerprint density at radius 2 is 2.00 bits per heavy atom. The lowest BCUT2D eigenvalue weighted by molar-refractivity contribution is -0.384. The second-order valence-electron chi connectivity index (χ2n) is 6.35. The molecule has 0 atom stereocenters. The highest BCUT2D eigenvalue weighted by atomic mass is 16.6. The van der Waals surface area contributed by atoms with Crippen molar-refractivity contribution in [1.82, 2.24) is 10.2 Å². The zero-order valence-electron chi connectivity index (χ0n) is 13.2. The predicted molar refractivity (Wildman–Crippen MR) is 84.9 cm³/mol. The van der Waals surface area contributed by atoms with Crippen LogP contribution in [-0.4, -0.2) is 40.9 Å². The number of likely N-dealkylation sites (tertiary alicyclic amines) is 1. The first-order valence-corrected chi connectivity index (χ1v) is 7.68. The third-order valence-electron chi connectivity index (χ3n) is 4.21. The van der Waals surface area contributed by atoms with E-state index in [0.29, 0.717) is 12.1 Å². The Balaban J connectivity index is 1.97. The maximum atomic E-state index is 12.2. The Bertz CT molecular complexity index is 551. The SMILES string of the molecule is CC(C)(CNC(=O)c1cccc([N+](=O)[O-])c1)N1CCCCC1. The molecule has 22 heavy (non-hydrogen) atoms. The van der Waals surface area contributed by atoms with Crippen LogP contribution in [0.3, 0.4) is 0 Å². The summed E-state index contributed by atoms with van der Waals surface area (Å²) >= 11 is 0. The number of nitrogens with zero attached hydrogens (tertiary/aromatic N) is 2. The summed E-state index contributed by atoms with van der Waals surface area (Å²) in [6.45, 7) is 6.87. The summed E-state index contributed by atoms with van der Waals surface area (Å²) in [7, 11) is 0. The fraction of sp³-hybridized carbons (Fsp3) is 0.562. The first-order chi connectivity index (χ1) is 10.4. The summed E-state index contributed by atoms with van der Waals surface area (Å²) in [4.78, 5) is 24.9. The number of benzene rings is 1. The molecule has 0 radical (unpaired) electrons. The second kappa shape index (κ2) is 6.87. The van der Waals surface area contributed by atoms with Crippen molar-refractivity contribution < 1.29 is 9.72 Å². The molecule has 1 aliphatic rings. The van der Waals surface area contributed by atoms with E-state index in [1.54, 1.807) is 6.07 Å². The molecule has 0 saturated carbocycles. The lowest BCUT2D eigenvalue weighted by Gasteiger charge is -2.41. The number of nitro groups is 1. The minimum Gasteiger partial charge on any atom is -0.350 e. The van der Waals surface area contributed by atoms with Gasteiger partial charge in [0.2, 0.25) is 0 Å². The largest absolute Gasteiger partial charge is 0.350 e. The zero-order chi connectivity index (χ0) is 16.2. The van der Waals surface area contributed by atoms with Gasteiger partial charge in [0.15, 0.2) is 0 Å². The van der Waals surface area contributed by atoms with Gasteiger partial charge in [-0.05, 0) is 45.8 Å². The normalized spacial score (nSPS) is 16.3. The van der Waals surface area contributed by atoms with Crippen molar-refractivity contribution >= 4 is 11.6 Å². The van der Waals surface area contributed by atoms with Gasteiger partial charge in [-0.2, -0.15) is 0 Å². The highest BCUT2D eigenvalue weighted by Gasteiger charge is 2.28. The summed E-state index contributed by atoms with van der Waals surface area (Å²) in [5.74, 6) is -0.270. The average molecular weight is 305 g/mol. The quantitative estimate of drug-likeness (QED) is 0.670. The van der Waals surface area contributed by atoms with Crippen LogP contribution in [0.4, 0.5) is 5.69 Å². The molecule has 1 amide bonds. The molecular formula is C16H23N3O3. The first kappa shape index (κ1) is 16.4. The Morgan fingerprint density at radius 3 is 2.64 bits per heavy atom. The fourth-order valence-electron chi connectivity index (χ4n) is 2.77. The van der Waals surface area contributed by atoms with E-state index in [9.17, 15) is 14.9 Å². The number of nitrogens with one attached hydrogen (secondary N) is 1. The van der Waals surface area contributed by atoms with Crippen LogP contribution >= 0.6 is 0 Å². The summed E-state index contributed by atoms with van der Waals surface area (Å²) in [5.41, 5.74) is 0.142. The molecule has 2 rings (SSSR count). The number of amides is 1. The van der Waals surface area contributed by atoms with Crippen LogP contribution in [0.2, 0.25) is 0 Å². The summed E-state index contributed by atoms with van der Waals surface area (Å²) < 4.78 is 0. The highest BCUT2D eigenvalue weighted by molar-refractivity contribution is 5.94. The van der Waals surface area contributed by atoms with Crippen molar-refractivity contribution in [1.29, 1.82) is 0 Å². The fourth-order valence-corrected chi connectivity index (χ4v) is 2.77. The molecule has 1 saturated heterocycles. The molecular weight excluding hydrogens is 282 g/mol. The number of hydrogen-bond acceptors (Lipinski definition) is 4. The van der Waals surface area contributed by atoms with Gasteiger partial charge in [-0.3, -0.25) is 19.8 Å². The molecule has 0 aliphatic carbocycles. The number of nitro benzene ring substituents is 1. The number of carbonyl (C=O) groups is 1. The van der Waals surface area contributed by atoms with Crippen molar-refractivity contribution in [2.24, 2.45) is 0 Å².